The van der Waals surface area contributed by atoms with Crippen LogP contribution in [-0.4, -0.2) is 16.1 Å². The Morgan fingerprint density at radius 3 is 2.74 bits per heavy atom. The number of anilines is 1. The number of aliphatic hydroxyl groups excluding tert-OH is 1. The van der Waals surface area contributed by atoms with Gasteiger partial charge in [0.25, 0.3) is 0 Å². The molecule has 6 heteroatoms. The molecule has 2 aromatic rings. The second kappa shape index (κ2) is 6.31. The molecule has 100 valence electrons. The van der Waals surface area contributed by atoms with Crippen LogP contribution in [0.3, 0.4) is 0 Å². The first-order valence-corrected chi connectivity index (χ1v) is 6.74. The van der Waals surface area contributed by atoms with Crippen molar-refractivity contribution in [2.24, 2.45) is 0 Å². The van der Waals surface area contributed by atoms with Crippen LogP contribution in [0, 0.1) is 0 Å². The van der Waals surface area contributed by atoms with E-state index >= 15 is 0 Å². The highest BCUT2D eigenvalue weighted by atomic mass is 32.1. The minimum absolute atomic E-state index is 0.283. The summed E-state index contributed by atoms with van der Waals surface area (Å²) in [4.78, 5) is 15.5. The van der Waals surface area contributed by atoms with Gasteiger partial charge >= 0.3 is 6.03 Å². The largest absolute Gasteiger partial charge is 0.389 e. The van der Waals surface area contributed by atoms with Gasteiger partial charge in [0.15, 0.2) is 5.13 Å². The number of hydrogen-bond acceptors (Lipinski definition) is 4. The Balaban J connectivity index is 1.83. The van der Waals surface area contributed by atoms with Crippen molar-refractivity contribution in [2.45, 2.75) is 19.6 Å². The molecule has 2 rings (SSSR count). The lowest BCUT2D eigenvalue weighted by molar-refractivity contribution is 0.199. The lowest BCUT2D eigenvalue weighted by Gasteiger charge is -2.08. The van der Waals surface area contributed by atoms with E-state index in [1.165, 1.54) is 11.3 Å². The molecule has 0 aliphatic heterocycles. The summed E-state index contributed by atoms with van der Waals surface area (Å²) in [6.07, 6.45) is 1.16. The number of benzene rings is 1. The predicted molar refractivity (Wildman–Crippen MR) is 75.0 cm³/mol. The van der Waals surface area contributed by atoms with E-state index in [1.807, 2.05) is 24.3 Å². The van der Waals surface area contributed by atoms with Gasteiger partial charge in [-0.2, -0.15) is 0 Å². The van der Waals surface area contributed by atoms with Gasteiger partial charge in [-0.1, -0.05) is 24.3 Å². The van der Waals surface area contributed by atoms with Crippen molar-refractivity contribution >= 4 is 22.5 Å². The van der Waals surface area contributed by atoms with Gasteiger partial charge in [0.2, 0.25) is 0 Å². The zero-order chi connectivity index (χ0) is 13.7. The SMILES string of the molecule is C[C@H](O)c1ccc(CNC(=O)Nc2nccs2)cc1. The molecular formula is C13H15N3O2S. The molecule has 0 spiro atoms. The van der Waals surface area contributed by atoms with Gasteiger partial charge < -0.3 is 10.4 Å². The van der Waals surface area contributed by atoms with E-state index in [0.717, 1.165) is 11.1 Å². The molecule has 0 aliphatic rings. The van der Waals surface area contributed by atoms with E-state index in [0.29, 0.717) is 11.7 Å². The van der Waals surface area contributed by atoms with Crippen LogP contribution in [0.5, 0.6) is 0 Å². The lowest BCUT2D eigenvalue weighted by Crippen LogP contribution is -2.28. The standard InChI is InChI=1S/C13H15N3O2S/c1-9(17)11-4-2-10(3-5-11)8-15-12(18)16-13-14-6-7-19-13/h2-7,9,17H,8H2,1H3,(H2,14,15,16,18)/t9-/m0/s1. The number of thiazole rings is 1. The molecule has 1 atom stereocenters. The topological polar surface area (TPSA) is 74.2 Å². The van der Waals surface area contributed by atoms with Crippen LogP contribution in [0.2, 0.25) is 0 Å². The quantitative estimate of drug-likeness (QED) is 0.804. The fourth-order valence-corrected chi connectivity index (χ4v) is 2.05. The Bertz CT molecular complexity index is 523. The second-order valence-corrected chi connectivity index (χ2v) is 4.96. The summed E-state index contributed by atoms with van der Waals surface area (Å²) in [6.45, 7) is 2.14. The van der Waals surface area contributed by atoms with E-state index in [-0.39, 0.29) is 6.03 Å². The first-order chi connectivity index (χ1) is 9.15. The van der Waals surface area contributed by atoms with Crippen LogP contribution in [0.4, 0.5) is 9.93 Å². The third-order valence-corrected chi connectivity index (χ3v) is 3.26. The molecule has 0 bridgehead atoms. The van der Waals surface area contributed by atoms with Crippen molar-refractivity contribution in [1.82, 2.24) is 10.3 Å². The molecule has 2 amide bonds. The second-order valence-electron chi connectivity index (χ2n) is 4.06. The van der Waals surface area contributed by atoms with Gasteiger partial charge in [-0.25, -0.2) is 9.78 Å². The summed E-state index contributed by atoms with van der Waals surface area (Å²) in [5.41, 5.74) is 1.83. The zero-order valence-corrected chi connectivity index (χ0v) is 11.3. The highest BCUT2D eigenvalue weighted by Crippen LogP contribution is 2.13. The normalized spacial score (nSPS) is 11.9. The fraction of sp³-hybridized carbons (Fsp3) is 0.231. The molecule has 0 saturated heterocycles. The summed E-state index contributed by atoms with van der Waals surface area (Å²) >= 11 is 1.37. The number of rotatable bonds is 4. The van der Waals surface area contributed by atoms with Crippen LogP contribution in [0.15, 0.2) is 35.8 Å². The maximum atomic E-state index is 11.6. The monoisotopic (exact) mass is 277 g/mol. The van der Waals surface area contributed by atoms with Crippen LogP contribution in [-0.2, 0) is 6.54 Å². The van der Waals surface area contributed by atoms with Crippen LogP contribution < -0.4 is 10.6 Å². The Kier molecular flexibility index (Phi) is 4.48. The Hall–Kier alpha value is -1.92. The summed E-state index contributed by atoms with van der Waals surface area (Å²) < 4.78 is 0. The van der Waals surface area contributed by atoms with Crippen molar-refractivity contribution in [3.8, 4) is 0 Å². The molecule has 0 unspecified atom stereocenters. The van der Waals surface area contributed by atoms with E-state index in [2.05, 4.69) is 15.6 Å². The number of carbonyl (C=O) groups is 1. The van der Waals surface area contributed by atoms with Gasteiger partial charge in [-0.3, -0.25) is 5.32 Å². The molecule has 0 fully saturated rings. The van der Waals surface area contributed by atoms with Gasteiger partial charge in [0, 0.05) is 18.1 Å². The summed E-state index contributed by atoms with van der Waals surface area (Å²) in [5.74, 6) is 0. The summed E-state index contributed by atoms with van der Waals surface area (Å²) in [6, 6.07) is 7.17. The number of nitrogens with one attached hydrogen (secondary N) is 2. The maximum Gasteiger partial charge on any atom is 0.321 e. The number of aliphatic hydroxyl groups is 1. The summed E-state index contributed by atoms with van der Waals surface area (Å²) in [7, 11) is 0. The van der Waals surface area contributed by atoms with Crippen molar-refractivity contribution < 1.29 is 9.90 Å². The van der Waals surface area contributed by atoms with Crippen LogP contribution in [0.25, 0.3) is 0 Å². The van der Waals surface area contributed by atoms with E-state index in [4.69, 9.17) is 0 Å². The molecular weight excluding hydrogens is 262 g/mol. The van der Waals surface area contributed by atoms with Crippen molar-refractivity contribution in [3.05, 3.63) is 47.0 Å². The van der Waals surface area contributed by atoms with Gasteiger partial charge in [-0.05, 0) is 18.1 Å². The highest BCUT2D eigenvalue weighted by Gasteiger charge is 2.04. The number of nitrogens with zero attached hydrogens (tertiary/aromatic N) is 1. The molecule has 19 heavy (non-hydrogen) atoms. The zero-order valence-electron chi connectivity index (χ0n) is 10.5. The van der Waals surface area contributed by atoms with Crippen LogP contribution >= 0.6 is 11.3 Å². The number of hydrogen-bond donors (Lipinski definition) is 3. The predicted octanol–water partition coefficient (Wildman–Crippen LogP) is 2.52. The first kappa shape index (κ1) is 13.5. The third kappa shape index (κ3) is 4.04. The maximum absolute atomic E-state index is 11.6. The van der Waals surface area contributed by atoms with Gasteiger partial charge in [-0.15, -0.1) is 11.3 Å². The highest BCUT2D eigenvalue weighted by molar-refractivity contribution is 7.13. The summed E-state index contributed by atoms with van der Waals surface area (Å²) in [5, 5.41) is 17.1. The van der Waals surface area contributed by atoms with Gasteiger partial charge in [0.1, 0.15) is 0 Å². The molecule has 1 heterocycles. The Morgan fingerprint density at radius 1 is 1.42 bits per heavy atom. The molecule has 5 nitrogen and oxygen atoms in total. The first-order valence-electron chi connectivity index (χ1n) is 5.86. The van der Waals surface area contributed by atoms with Crippen LogP contribution in [0.1, 0.15) is 24.2 Å². The number of amides is 2. The van der Waals surface area contributed by atoms with E-state index in [9.17, 15) is 9.90 Å². The average molecular weight is 277 g/mol. The smallest absolute Gasteiger partial charge is 0.321 e. The van der Waals surface area contributed by atoms with Crippen molar-refractivity contribution in [2.75, 3.05) is 5.32 Å². The Labute approximate surface area is 115 Å². The fourth-order valence-electron chi connectivity index (χ4n) is 1.52. The van der Waals surface area contributed by atoms with Gasteiger partial charge in [0.05, 0.1) is 6.10 Å². The lowest BCUT2D eigenvalue weighted by atomic mass is 10.1. The van der Waals surface area contributed by atoms with E-state index in [1.54, 1.807) is 18.5 Å². The molecule has 0 saturated carbocycles. The van der Waals surface area contributed by atoms with Crippen molar-refractivity contribution in [1.29, 1.82) is 0 Å². The van der Waals surface area contributed by atoms with E-state index < -0.39 is 6.10 Å². The molecule has 1 aromatic heterocycles. The number of carbonyl (C=O) groups excluding carboxylic acids is 1. The molecule has 0 aliphatic carbocycles. The molecule has 0 radical (unpaired) electrons. The Morgan fingerprint density at radius 2 is 2.16 bits per heavy atom. The third-order valence-electron chi connectivity index (χ3n) is 2.57. The number of aromatic nitrogens is 1. The molecule has 1 aromatic carbocycles. The minimum atomic E-state index is -0.477. The minimum Gasteiger partial charge on any atom is -0.389 e. The average Bonchev–Trinajstić information content (AvgIpc) is 2.89. The van der Waals surface area contributed by atoms with Crippen molar-refractivity contribution in [3.63, 3.8) is 0 Å². The number of urea groups is 1. The molecule has 3 N–H and O–H groups in total.